The maximum atomic E-state index is 0. The smallest absolute Gasteiger partial charge is 0 e. The Kier molecular flexibility index (Phi) is 714. The van der Waals surface area contributed by atoms with E-state index in [4.69, 9.17) is 0 Å². The van der Waals surface area contributed by atoms with Crippen LogP contribution in [-0.2, 0) is 72.3 Å². The van der Waals surface area contributed by atoms with E-state index >= 15 is 0 Å². The van der Waals surface area contributed by atoms with Crippen molar-refractivity contribution in [1.82, 2.24) is 0 Å². The summed E-state index contributed by atoms with van der Waals surface area (Å²) in [4.78, 5) is 0. The van der Waals surface area contributed by atoms with Gasteiger partial charge < -0.3 is 22.3 Å². The maximum Gasteiger partial charge on any atom is 0 e. The van der Waals surface area contributed by atoms with Crippen molar-refractivity contribution < 1.29 is 72.3 Å². The molecule has 0 aliphatic carbocycles. The predicted molar refractivity (Wildman–Crippen MR) is 19.2 cm³/mol. The standard InChI is InChI=1S/3CH3.V.W.Y/h3*1H3;;;/q3*-1;;;. The molecule has 0 aliphatic heterocycles. The van der Waals surface area contributed by atoms with Gasteiger partial charge in [-0.3, -0.25) is 0 Å². The molecule has 0 saturated carbocycles. The second-order valence-corrected chi connectivity index (χ2v) is 0. The van der Waals surface area contributed by atoms with Gasteiger partial charge in [0.15, 0.2) is 0 Å². The van der Waals surface area contributed by atoms with E-state index in [1.807, 2.05) is 0 Å². The molecule has 0 atom stereocenters. The molecular weight excluding hydrogens is 360 g/mol. The third kappa shape index (κ3) is 32.6. The Bertz CT molecular complexity index is 10.8. The minimum absolute atomic E-state index is 0. The summed E-state index contributed by atoms with van der Waals surface area (Å²) in [7, 11) is 0. The van der Waals surface area contributed by atoms with Crippen LogP contribution in [0.4, 0.5) is 0 Å². The van der Waals surface area contributed by atoms with Gasteiger partial charge in [0.05, 0.1) is 0 Å². The molecule has 0 spiro atoms. The quantitative estimate of drug-likeness (QED) is 0.566. The fourth-order valence-corrected chi connectivity index (χ4v) is 0. The molecular formula is C3H9VWY-3. The zero-order valence-corrected chi connectivity index (χ0v) is 11.6. The van der Waals surface area contributed by atoms with Crippen molar-refractivity contribution in [3.05, 3.63) is 22.3 Å². The average molecular weight is 369 g/mol. The average Bonchev–Trinajstić information content (AvgIpc) is 0. The second-order valence-electron chi connectivity index (χ2n) is 0. The molecule has 0 nitrogen and oxygen atoms in total. The van der Waals surface area contributed by atoms with Crippen LogP contribution in [0.25, 0.3) is 0 Å². The van der Waals surface area contributed by atoms with E-state index in [0.29, 0.717) is 0 Å². The Morgan fingerprint density at radius 2 is 0.667 bits per heavy atom. The minimum atomic E-state index is 0. The van der Waals surface area contributed by atoms with Gasteiger partial charge in [-0.1, -0.05) is 0 Å². The third-order valence-corrected chi connectivity index (χ3v) is 0. The molecule has 0 heterocycles. The third-order valence-electron chi connectivity index (χ3n) is 0. The first kappa shape index (κ1) is 80.7. The molecule has 0 aliphatic rings. The molecule has 38 valence electrons. The second kappa shape index (κ2) is 53.1. The van der Waals surface area contributed by atoms with Crippen molar-refractivity contribution in [2.45, 2.75) is 0 Å². The van der Waals surface area contributed by atoms with Crippen LogP contribution in [0.15, 0.2) is 0 Å². The summed E-state index contributed by atoms with van der Waals surface area (Å²) in [5.41, 5.74) is 0. The Morgan fingerprint density at radius 1 is 0.667 bits per heavy atom. The van der Waals surface area contributed by atoms with Crippen molar-refractivity contribution in [1.29, 1.82) is 0 Å². The van der Waals surface area contributed by atoms with Crippen molar-refractivity contribution in [2.75, 3.05) is 0 Å². The van der Waals surface area contributed by atoms with Crippen LogP contribution in [0, 0.1) is 22.3 Å². The molecule has 0 N–H and O–H groups in total. The van der Waals surface area contributed by atoms with E-state index in [1.54, 1.807) is 0 Å². The molecule has 3 heteroatoms. The van der Waals surface area contributed by atoms with Crippen LogP contribution in [0.3, 0.4) is 0 Å². The zero-order valence-electron chi connectivity index (χ0n) is 4.43. The molecule has 0 rings (SSSR count). The summed E-state index contributed by atoms with van der Waals surface area (Å²) >= 11 is 0. The summed E-state index contributed by atoms with van der Waals surface area (Å²) in [6, 6.07) is 0. The van der Waals surface area contributed by atoms with Gasteiger partial charge in [-0.25, -0.2) is 0 Å². The largest absolute Gasteiger partial charge is 0.358 e. The molecule has 0 fully saturated rings. The molecule has 0 amide bonds. The Morgan fingerprint density at radius 3 is 0.667 bits per heavy atom. The summed E-state index contributed by atoms with van der Waals surface area (Å²) in [6.07, 6.45) is 0. The zero-order chi connectivity index (χ0) is 0. The molecule has 0 bridgehead atoms. The monoisotopic (exact) mass is 369 g/mol. The first-order valence-electron chi connectivity index (χ1n) is 0. The van der Waals surface area contributed by atoms with Crippen molar-refractivity contribution in [3.63, 3.8) is 0 Å². The fourth-order valence-electron chi connectivity index (χ4n) is 0. The maximum absolute atomic E-state index is 0. The van der Waals surface area contributed by atoms with Crippen LogP contribution in [-0.4, -0.2) is 0 Å². The van der Waals surface area contributed by atoms with Gasteiger partial charge in [-0.2, -0.15) is 0 Å². The molecule has 0 aromatic heterocycles. The molecule has 0 saturated heterocycles. The predicted octanol–water partition coefficient (Wildman–Crippen LogP) is 1.34. The number of rotatable bonds is 0. The Balaban J connectivity index is 0. The van der Waals surface area contributed by atoms with E-state index in [-0.39, 0.29) is 94.6 Å². The van der Waals surface area contributed by atoms with Gasteiger partial charge in [-0.05, 0) is 0 Å². The number of hydrogen-bond donors (Lipinski definition) is 0. The summed E-state index contributed by atoms with van der Waals surface area (Å²) in [6.45, 7) is 0. The normalized spacial score (nSPS) is 0. The Hall–Kier alpha value is 2.38. The van der Waals surface area contributed by atoms with E-state index in [1.165, 1.54) is 0 Å². The molecule has 0 unspecified atom stereocenters. The summed E-state index contributed by atoms with van der Waals surface area (Å²) in [5, 5.41) is 0. The van der Waals surface area contributed by atoms with Crippen LogP contribution in [0.2, 0.25) is 0 Å². The van der Waals surface area contributed by atoms with E-state index in [0.717, 1.165) is 0 Å². The van der Waals surface area contributed by atoms with Gasteiger partial charge in [0.25, 0.3) is 0 Å². The van der Waals surface area contributed by atoms with Gasteiger partial charge >= 0.3 is 0 Å². The molecule has 0 aromatic rings. The van der Waals surface area contributed by atoms with Crippen molar-refractivity contribution >= 4 is 0 Å². The first-order valence-corrected chi connectivity index (χ1v) is 0. The van der Waals surface area contributed by atoms with E-state index in [2.05, 4.69) is 0 Å². The van der Waals surface area contributed by atoms with Gasteiger partial charge in [0, 0.05) is 72.3 Å². The van der Waals surface area contributed by atoms with E-state index < -0.39 is 0 Å². The van der Waals surface area contributed by atoms with Crippen LogP contribution >= 0.6 is 0 Å². The first-order chi connectivity index (χ1) is 0. The topological polar surface area (TPSA) is 0 Å². The summed E-state index contributed by atoms with van der Waals surface area (Å²) < 4.78 is 0. The number of hydrogen-bond acceptors (Lipinski definition) is 0. The minimum Gasteiger partial charge on any atom is -0.358 e. The van der Waals surface area contributed by atoms with Gasteiger partial charge in [0.2, 0.25) is 0 Å². The SMILES string of the molecule is [CH3-].[CH3-].[CH3-].[V].[W].[Y]. The van der Waals surface area contributed by atoms with Crippen molar-refractivity contribution in [3.8, 4) is 0 Å². The molecule has 6 heavy (non-hydrogen) atoms. The fraction of sp³-hybridized carbons (Fsp3) is 0. The van der Waals surface area contributed by atoms with Gasteiger partial charge in [0.1, 0.15) is 0 Å². The van der Waals surface area contributed by atoms with Crippen LogP contribution in [0.1, 0.15) is 0 Å². The molecule has 0 aromatic carbocycles. The van der Waals surface area contributed by atoms with Gasteiger partial charge in [-0.15, -0.1) is 0 Å². The Labute approximate surface area is 93.3 Å². The van der Waals surface area contributed by atoms with Crippen molar-refractivity contribution in [2.24, 2.45) is 0 Å². The van der Waals surface area contributed by atoms with E-state index in [9.17, 15) is 0 Å². The van der Waals surface area contributed by atoms with Crippen LogP contribution in [0.5, 0.6) is 0 Å². The molecule has 2 radical (unpaired) electrons. The van der Waals surface area contributed by atoms with Crippen LogP contribution < -0.4 is 0 Å². The summed E-state index contributed by atoms with van der Waals surface area (Å²) in [5.74, 6) is 0.